The van der Waals surface area contributed by atoms with E-state index >= 15 is 0 Å². The lowest BCUT2D eigenvalue weighted by atomic mass is 10.1. The number of methoxy groups -OCH3 is 1. The van der Waals surface area contributed by atoms with Gasteiger partial charge in [0, 0.05) is 37.7 Å². The van der Waals surface area contributed by atoms with Gasteiger partial charge < -0.3 is 19.7 Å². The molecule has 0 aromatic heterocycles. The van der Waals surface area contributed by atoms with E-state index in [2.05, 4.69) is 5.32 Å². The van der Waals surface area contributed by atoms with Crippen molar-refractivity contribution >= 4 is 29.1 Å². The fourth-order valence-corrected chi connectivity index (χ4v) is 3.22. The lowest BCUT2D eigenvalue weighted by Gasteiger charge is -2.19. The van der Waals surface area contributed by atoms with Crippen LogP contribution >= 0.6 is 11.6 Å². The van der Waals surface area contributed by atoms with Crippen molar-refractivity contribution in [3.63, 3.8) is 0 Å². The van der Waals surface area contributed by atoms with E-state index in [-0.39, 0.29) is 24.2 Å². The molecular formula is C19H25ClN2O4. The van der Waals surface area contributed by atoms with E-state index in [1.807, 2.05) is 0 Å². The summed E-state index contributed by atoms with van der Waals surface area (Å²) >= 11 is 6.05. The summed E-state index contributed by atoms with van der Waals surface area (Å²) in [7, 11) is 1.54. The minimum atomic E-state index is -0.362. The highest BCUT2D eigenvalue weighted by molar-refractivity contribution is 6.31. The molecular weight excluding hydrogens is 356 g/mol. The summed E-state index contributed by atoms with van der Waals surface area (Å²) in [5.74, 6) is 0.765. The number of amides is 2. The van der Waals surface area contributed by atoms with Gasteiger partial charge in [-0.2, -0.15) is 0 Å². The third kappa shape index (κ3) is 4.89. The summed E-state index contributed by atoms with van der Waals surface area (Å²) in [6.07, 6.45) is 3.53. The van der Waals surface area contributed by atoms with Crippen molar-refractivity contribution in [1.82, 2.24) is 5.32 Å². The predicted octanol–water partition coefficient (Wildman–Crippen LogP) is 2.63. The Balaban J connectivity index is 1.47. The fraction of sp³-hybridized carbons (Fsp3) is 0.579. The molecule has 1 aliphatic carbocycles. The molecule has 1 saturated heterocycles. The third-order valence-electron chi connectivity index (χ3n) is 4.74. The Hall–Kier alpha value is -1.79. The van der Waals surface area contributed by atoms with Gasteiger partial charge in [0.2, 0.25) is 11.8 Å². The first-order chi connectivity index (χ1) is 12.6. The summed E-state index contributed by atoms with van der Waals surface area (Å²) in [5, 5.41) is 3.43. The molecule has 1 unspecified atom stereocenters. The minimum absolute atomic E-state index is 0.0935. The Labute approximate surface area is 158 Å². The standard InChI is InChI=1S/C19H25ClN2O4/c1-25-17-6-5-15(20)10-16(17)22-11-14(9-18(22)23)19(24)21-7-2-8-26-12-13-3-4-13/h5-6,10,13-14H,2-4,7-9,11-12H2,1H3,(H,21,24). The lowest BCUT2D eigenvalue weighted by Crippen LogP contribution is -2.34. The van der Waals surface area contributed by atoms with Crippen LogP contribution in [0.1, 0.15) is 25.7 Å². The van der Waals surface area contributed by atoms with Crippen LogP contribution in [0.15, 0.2) is 18.2 Å². The van der Waals surface area contributed by atoms with Crippen LogP contribution in [0.5, 0.6) is 5.75 Å². The quantitative estimate of drug-likeness (QED) is 0.669. The van der Waals surface area contributed by atoms with Crippen LogP contribution < -0.4 is 15.0 Å². The molecule has 1 aromatic rings. The van der Waals surface area contributed by atoms with E-state index < -0.39 is 0 Å². The number of halogens is 1. The molecule has 1 saturated carbocycles. The monoisotopic (exact) mass is 380 g/mol. The second-order valence-corrected chi connectivity index (χ2v) is 7.32. The van der Waals surface area contributed by atoms with Crippen molar-refractivity contribution in [3.8, 4) is 5.75 Å². The Morgan fingerprint density at radius 2 is 2.19 bits per heavy atom. The smallest absolute Gasteiger partial charge is 0.227 e. The molecule has 1 heterocycles. The molecule has 7 heteroatoms. The van der Waals surface area contributed by atoms with Gasteiger partial charge in [-0.3, -0.25) is 9.59 Å². The molecule has 0 radical (unpaired) electrons. The number of carbonyl (C=O) groups is 2. The average Bonchev–Trinajstić information content (AvgIpc) is 3.37. The Morgan fingerprint density at radius 1 is 1.38 bits per heavy atom. The maximum Gasteiger partial charge on any atom is 0.227 e. The van der Waals surface area contributed by atoms with Crippen LogP contribution in [0.4, 0.5) is 5.69 Å². The van der Waals surface area contributed by atoms with Crippen LogP contribution in [-0.2, 0) is 14.3 Å². The maximum atomic E-state index is 12.4. The number of hydrogen-bond acceptors (Lipinski definition) is 4. The SMILES string of the molecule is COc1ccc(Cl)cc1N1CC(C(=O)NCCCOCC2CC2)CC1=O. The largest absolute Gasteiger partial charge is 0.495 e. The van der Waals surface area contributed by atoms with Crippen LogP contribution in [0, 0.1) is 11.8 Å². The van der Waals surface area contributed by atoms with E-state index in [9.17, 15) is 9.59 Å². The first-order valence-corrected chi connectivity index (χ1v) is 9.45. The van der Waals surface area contributed by atoms with Gasteiger partial charge in [0.05, 0.1) is 18.7 Å². The molecule has 142 valence electrons. The minimum Gasteiger partial charge on any atom is -0.495 e. The molecule has 2 fully saturated rings. The highest BCUT2D eigenvalue weighted by atomic mass is 35.5. The summed E-state index contributed by atoms with van der Waals surface area (Å²) in [5.41, 5.74) is 0.605. The number of ether oxygens (including phenoxy) is 2. The van der Waals surface area contributed by atoms with Crippen molar-refractivity contribution in [1.29, 1.82) is 0 Å². The highest BCUT2D eigenvalue weighted by Crippen LogP contribution is 2.35. The second kappa shape index (κ2) is 8.73. The molecule has 1 aliphatic heterocycles. The summed E-state index contributed by atoms with van der Waals surface area (Å²) in [6.45, 7) is 2.39. The van der Waals surface area contributed by atoms with E-state index in [0.717, 1.165) is 18.9 Å². The first kappa shape index (κ1) is 19.0. The zero-order chi connectivity index (χ0) is 18.5. The number of carbonyl (C=O) groups excluding carboxylic acids is 2. The molecule has 2 aliphatic rings. The van der Waals surface area contributed by atoms with Crippen molar-refractivity contribution in [3.05, 3.63) is 23.2 Å². The molecule has 1 aromatic carbocycles. The summed E-state index contributed by atoms with van der Waals surface area (Å²) in [4.78, 5) is 26.3. The van der Waals surface area contributed by atoms with E-state index in [1.54, 1.807) is 30.2 Å². The van der Waals surface area contributed by atoms with Crippen molar-refractivity contribution < 1.29 is 19.1 Å². The van der Waals surface area contributed by atoms with Crippen molar-refractivity contribution in [2.24, 2.45) is 11.8 Å². The summed E-state index contributed by atoms with van der Waals surface area (Å²) < 4.78 is 10.9. The Kier molecular flexibility index (Phi) is 6.38. The molecule has 1 N–H and O–H groups in total. The van der Waals surface area contributed by atoms with Crippen LogP contribution in [0.3, 0.4) is 0 Å². The lowest BCUT2D eigenvalue weighted by molar-refractivity contribution is -0.126. The summed E-state index contributed by atoms with van der Waals surface area (Å²) in [6, 6.07) is 5.12. The molecule has 26 heavy (non-hydrogen) atoms. The Bertz CT molecular complexity index is 663. The number of nitrogens with one attached hydrogen (secondary N) is 1. The zero-order valence-corrected chi connectivity index (χ0v) is 15.8. The number of hydrogen-bond donors (Lipinski definition) is 1. The van der Waals surface area contributed by atoms with Gasteiger partial charge in [-0.15, -0.1) is 0 Å². The van der Waals surface area contributed by atoms with Gasteiger partial charge in [0.25, 0.3) is 0 Å². The highest BCUT2D eigenvalue weighted by Gasteiger charge is 2.36. The van der Waals surface area contributed by atoms with Crippen LogP contribution in [-0.4, -0.2) is 45.2 Å². The third-order valence-corrected chi connectivity index (χ3v) is 4.98. The van der Waals surface area contributed by atoms with E-state index in [4.69, 9.17) is 21.1 Å². The predicted molar refractivity (Wildman–Crippen MR) is 99.6 cm³/mol. The Morgan fingerprint density at radius 3 is 2.92 bits per heavy atom. The van der Waals surface area contributed by atoms with Crippen LogP contribution in [0.2, 0.25) is 5.02 Å². The van der Waals surface area contributed by atoms with Crippen molar-refractivity contribution in [2.45, 2.75) is 25.7 Å². The molecule has 0 bridgehead atoms. The number of rotatable bonds is 9. The first-order valence-electron chi connectivity index (χ1n) is 9.08. The molecule has 3 rings (SSSR count). The van der Waals surface area contributed by atoms with Gasteiger partial charge in [-0.1, -0.05) is 11.6 Å². The number of anilines is 1. The molecule has 6 nitrogen and oxygen atoms in total. The molecule has 2 amide bonds. The van der Waals surface area contributed by atoms with Gasteiger partial charge in [0.15, 0.2) is 0 Å². The fourth-order valence-electron chi connectivity index (χ4n) is 3.05. The van der Waals surface area contributed by atoms with Gasteiger partial charge in [-0.05, 0) is 43.4 Å². The van der Waals surface area contributed by atoms with Crippen LogP contribution in [0.25, 0.3) is 0 Å². The maximum absolute atomic E-state index is 12.4. The molecule has 1 atom stereocenters. The average molecular weight is 381 g/mol. The van der Waals surface area contributed by atoms with Gasteiger partial charge >= 0.3 is 0 Å². The molecule has 0 spiro atoms. The van der Waals surface area contributed by atoms with Crippen molar-refractivity contribution in [2.75, 3.05) is 38.3 Å². The van der Waals surface area contributed by atoms with Gasteiger partial charge in [-0.25, -0.2) is 0 Å². The number of benzene rings is 1. The van der Waals surface area contributed by atoms with Gasteiger partial charge in [0.1, 0.15) is 5.75 Å². The second-order valence-electron chi connectivity index (χ2n) is 6.88. The van der Waals surface area contributed by atoms with E-state index in [1.165, 1.54) is 12.8 Å². The number of nitrogens with zero attached hydrogens (tertiary/aromatic N) is 1. The topological polar surface area (TPSA) is 67.9 Å². The van der Waals surface area contributed by atoms with E-state index in [0.29, 0.717) is 36.2 Å². The normalized spacial score (nSPS) is 19.7. The zero-order valence-electron chi connectivity index (χ0n) is 15.0.